The number of benzene rings is 2. The van der Waals surface area contributed by atoms with Gasteiger partial charge in [-0.1, -0.05) is 60.7 Å². The second-order valence-electron chi connectivity index (χ2n) is 4.27. The highest BCUT2D eigenvalue weighted by Crippen LogP contribution is 2.20. The lowest BCUT2D eigenvalue weighted by atomic mass is 9.91. The molecule has 1 amide bonds. The molecule has 0 saturated carbocycles. The molecule has 0 spiro atoms. The fraction of sp³-hybridized carbons (Fsp3) is 0.188. The van der Waals surface area contributed by atoms with Crippen molar-refractivity contribution in [2.24, 2.45) is 0 Å². The Balaban J connectivity index is 2.24. The smallest absolute Gasteiger partial charge is 0.227 e. The lowest BCUT2D eigenvalue weighted by molar-refractivity contribution is -0.122. The van der Waals surface area contributed by atoms with E-state index in [-0.39, 0.29) is 11.8 Å². The molecule has 1 N–H and O–H groups in total. The molecule has 1 unspecified atom stereocenters. The monoisotopic (exact) mass is 239 g/mol. The van der Waals surface area contributed by atoms with Gasteiger partial charge in [-0.2, -0.15) is 0 Å². The molecule has 0 aliphatic heterocycles. The third-order valence-corrected chi connectivity index (χ3v) is 3.05. The molecule has 0 aliphatic rings. The molecule has 0 heterocycles. The van der Waals surface area contributed by atoms with Crippen LogP contribution in [0.4, 0.5) is 0 Å². The minimum absolute atomic E-state index is 0.0602. The second kappa shape index (κ2) is 6.01. The summed E-state index contributed by atoms with van der Waals surface area (Å²) >= 11 is 0. The quantitative estimate of drug-likeness (QED) is 0.873. The highest BCUT2D eigenvalue weighted by atomic mass is 16.1. The first-order chi connectivity index (χ1) is 8.81. The summed E-state index contributed by atoms with van der Waals surface area (Å²) in [7, 11) is 1.68. The Bertz CT molecular complexity index is 493. The summed E-state index contributed by atoms with van der Waals surface area (Å²) in [5.41, 5.74) is 2.23. The molecule has 2 rings (SSSR count). The molecule has 2 heteroatoms. The van der Waals surface area contributed by atoms with Crippen molar-refractivity contribution >= 4 is 5.91 Å². The zero-order chi connectivity index (χ0) is 12.8. The minimum Gasteiger partial charge on any atom is -0.359 e. The molecule has 0 radical (unpaired) electrons. The fourth-order valence-electron chi connectivity index (χ4n) is 2.07. The van der Waals surface area contributed by atoms with Crippen molar-refractivity contribution in [3.63, 3.8) is 0 Å². The van der Waals surface area contributed by atoms with Crippen LogP contribution in [0.25, 0.3) is 0 Å². The molecule has 0 aliphatic carbocycles. The molecular weight excluding hydrogens is 222 g/mol. The summed E-state index contributed by atoms with van der Waals surface area (Å²) in [5, 5.41) is 2.74. The maximum Gasteiger partial charge on any atom is 0.227 e. The maximum atomic E-state index is 12.0. The summed E-state index contributed by atoms with van der Waals surface area (Å²) in [4.78, 5) is 12.0. The zero-order valence-electron chi connectivity index (χ0n) is 10.5. The van der Waals surface area contributed by atoms with Crippen LogP contribution in [-0.2, 0) is 11.2 Å². The molecule has 0 bridgehead atoms. The first-order valence-corrected chi connectivity index (χ1v) is 6.11. The van der Waals surface area contributed by atoms with E-state index in [1.165, 1.54) is 5.56 Å². The second-order valence-corrected chi connectivity index (χ2v) is 4.27. The number of likely N-dealkylation sites (N-methyl/N-ethyl adjacent to an activating group) is 1. The summed E-state index contributed by atoms with van der Waals surface area (Å²) in [5.74, 6) is -0.0661. The Hall–Kier alpha value is -2.09. The van der Waals surface area contributed by atoms with Gasteiger partial charge in [0, 0.05) is 7.05 Å². The summed E-state index contributed by atoms with van der Waals surface area (Å²) in [6.07, 6.45) is 0.727. The van der Waals surface area contributed by atoms with Crippen LogP contribution in [-0.4, -0.2) is 13.0 Å². The van der Waals surface area contributed by atoms with Crippen molar-refractivity contribution in [1.29, 1.82) is 0 Å². The zero-order valence-corrected chi connectivity index (χ0v) is 10.5. The molecule has 2 nitrogen and oxygen atoms in total. The van der Waals surface area contributed by atoms with Crippen LogP contribution in [0.1, 0.15) is 17.0 Å². The van der Waals surface area contributed by atoms with Gasteiger partial charge in [0.25, 0.3) is 0 Å². The highest BCUT2D eigenvalue weighted by Gasteiger charge is 2.19. The summed E-state index contributed by atoms with van der Waals surface area (Å²) < 4.78 is 0. The van der Waals surface area contributed by atoms with E-state index in [1.807, 2.05) is 48.5 Å². The Morgan fingerprint density at radius 1 is 1.00 bits per heavy atom. The number of carbonyl (C=O) groups is 1. The Morgan fingerprint density at radius 3 is 2.11 bits per heavy atom. The molecule has 0 aromatic heterocycles. The van der Waals surface area contributed by atoms with E-state index >= 15 is 0 Å². The van der Waals surface area contributed by atoms with Crippen molar-refractivity contribution in [2.75, 3.05) is 7.05 Å². The van der Waals surface area contributed by atoms with E-state index in [0.29, 0.717) is 0 Å². The van der Waals surface area contributed by atoms with Gasteiger partial charge in [0.2, 0.25) is 5.91 Å². The number of nitrogens with one attached hydrogen (secondary N) is 1. The van der Waals surface area contributed by atoms with E-state index in [2.05, 4.69) is 17.4 Å². The third-order valence-electron chi connectivity index (χ3n) is 3.05. The van der Waals surface area contributed by atoms with Gasteiger partial charge in [-0.3, -0.25) is 4.79 Å². The average Bonchev–Trinajstić information content (AvgIpc) is 2.46. The van der Waals surface area contributed by atoms with Crippen LogP contribution in [0.2, 0.25) is 0 Å². The molecular formula is C16H17NO. The van der Waals surface area contributed by atoms with Crippen LogP contribution in [0.3, 0.4) is 0 Å². The van der Waals surface area contributed by atoms with E-state index in [9.17, 15) is 4.79 Å². The first kappa shape index (κ1) is 12.4. The van der Waals surface area contributed by atoms with Crippen molar-refractivity contribution in [3.05, 3.63) is 71.8 Å². The molecule has 92 valence electrons. The van der Waals surface area contributed by atoms with Crippen LogP contribution in [0.5, 0.6) is 0 Å². The number of hydrogen-bond acceptors (Lipinski definition) is 1. The molecule has 0 saturated heterocycles. The Labute approximate surface area is 108 Å². The first-order valence-electron chi connectivity index (χ1n) is 6.11. The van der Waals surface area contributed by atoms with Crippen LogP contribution in [0.15, 0.2) is 60.7 Å². The summed E-state index contributed by atoms with van der Waals surface area (Å²) in [6.45, 7) is 0. The van der Waals surface area contributed by atoms with Gasteiger partial charge in [0.15, 0.2) is 0 Å². The van der Waals surface area contributed by atoms with Crippen molar-refractivity contribution < 1.29 is 4.79 Å². The van der Waals surface area contributed by atoms with Gasteiger partial charge in [-0.15, -0.1) is 0 Å². The number of carbonyl (C=O) groups excluding carboxylic acids is 1. The standard InChI is InChI=1S/C16H17NO/c1-17-16(18)15(14-10-6-3-7-11-14)12-13-8-4-2-5-9-13/h2-11,15H,12H2,1H3,(H,17,18). The third kappa shape index (κ3) is 2.98. The predicted molar refractivity (Wildman–Crippen MR) is 73.4 cm³/mol. The Morgan fingerprint density at radius 2 is 1.56 bits per heavy atom. The molecule has 18 heavy (non-hydrogen) atoms. The van der Waals surface area contributed by atoms with Crippen LogP contribution < -0.4 is 5.32 Å². The van der Waals surface area contributed by atoms with Gasteiger partial charge in [-0.05, 0) is 17.5 Å². The number of amides is 1. The van der Waals surface area contributed by atoms with E-state index in [0.717, 1.165) is 12.0 Å². The molecule has 2 aromatic rings. The minimum atomic E-state index is -0.126. The van der Waals surface area contributed by atoms with E-state index in [1.54, 1.807) is 7.05 Å². The van der Waals surface area contributed by atoms with Gasteiger partial charge < -0.3 is 5.32 Å². The van der Waals surface area contributed by atoms with Crippen molar-refractivity contribution in [3.8, 4) is 0 Å². The van der Waals surface area contributed by atoms with Gasteiger partial charge in [0.1, 0.15) is 0 Å². The van der Waals surface area contributed by atoms with E-state index < -0.39 is 0 Å². The maximum absolute atomic E-state index is 12.0. The lowest BCUT2D eigenvalue weighted by Gasteiger charge is -2.16. The lowest BCUT2D eigenvalue weighted by Crippen LogP contribution is -2.27. The SMILES string of the molecule is CNC(=O)C(Cc1ccccc1)c1ccccc1. The number of rotatable bonds is 4. The predicted octanol–water partition coefficient (Wildman–Crippen LogP) is 2.76. The summed E-state index contributed by atoms with van der Waals surface area (Å²) in [6, 6.07) is 20.0. The van der Waals surface area contributed by atoms with Crippen molar-refractivity contribution in [2.45, 2.75) is 12.3 Å². The number of hydrogen-bond donors (Lipinski definition) is 1. The van der Waals surface area contributed by atoms with Gasteiger partial charge >= 0.3 is 0 Å². The average molecular weight is 239 g/mol. The molecule has 0 fully saturated rings. The van der Waals surface area contributed by atoms with E-state index in [4.69, 9.17) is 0 Å². The van der Waals surface area contributed by atoms with Gasteiger partial charge in [0.05, 0.1) is 5.92 Å². The van der Waals surface area contributed by atoms with Crippen LogP contribution in [0, 0.1) is 0 Å². The fourth-order valence-corrected chi connectivity index (χ4v) is 2.07. The van der Waals surface area contributed by atoms with Crippen molar-refractivity contribution in [1.82, 2.24) is 5.32 Å². The molecule has 2 aromatic carbocycles. The Kier molecular flexibility index (Phi) is 4.13. The molecule has 1 atom stereocenters. The normalized spacial score (nSPS) is 11.8. The highest BCUT2D eigenvalue weighted by molar-refractivity contribution is 5.83. The van der Waals surface area contributed by atoms with Gasteiger partial charge in [-0.25, -0.2) is 0 Å². The largest absolute Gasteiger partial charge is 0.359 e. The topological polar surface area (TPSA) is 29.1 Å². The van der Waals surface area contributed by atoms with Crippen LogP contribution >= 0.6 is 0 Å².